The molecule has 0 saturated carbocycles. The minimum atomic E-state index is -0.730. The van der Waals surface area contributed by atoms with Crippen LogP contribution in [0, 0.1) is 47.9 Å². The molecule has 0 heterocycles. The first kappa shape index (κ1) is 32.6. The fraction of sp³-hybridized carbons (Fsp3) is 0.625. The smallest absolute Gasteiger partial charge is 0.133 e. The monoisotopic (exact) mass is 478 g/mol. The van der Waals surface area contributed by atoms with Gasteiger partial charge in [-0.25, -0.2) is 0 Å². The van der Waals surface area contributed by atoms with Crippen molar-refractivity contribution in [2.45, 2.75) is 121 Å². The third kappa shape index (κ3) is 27.7. The molecule has 0 aromatic carbocycles. The molecule has 0 aliphatic carbocycles. The molecule has 0 aromatic rings. The van der Waals surface area contributed by atoms with Gasteiger partial charge in [0, 0.05) is 0 Å². The third-order valence-corrected chi connectivity index (χ3v) is 5.59. The van der Waals surface area contributed by atoms with Crippen LogP contribution in [0.1, 0.15) is 109 Å². The molecule has 0 radical (unpaired) electrons. The van der Waals surface area contributed by atoms with Crippen molar-refractivity contribution in [3.05, 3.63) is 24.3 Å². The lowest BCUT2D eigenvalue weighted by molar-refractivity contribution is 0.217. The standard InChI is InChI=1S/C32H46O3/c1-2-31(34)27-23-19-16-14-12-10-8-6-4-3-5-7-9-11-13-15-17-20-24-28-32(35)29-25-21-18-22-26-30-33/h1,7,9,23,27,31-35H,3-6,8,10-17,19-20,24,28,30H2/b9-7-,27-23+/t31-,32-/m0/s1. The van der Waals surface area contributed by atoms with E-state index < -0.39 is 12.2 Å². The Morgan fingerprint density at radius 3 is 1.63 bits per heavy atom. The van der Waals surface area contributed by atoms with E-state index in [2.05, 4.69) is 53.6 Å². The van der Waals surface area contributed by atoms with Crippen LogP contribution in [0.5, 0.6) is 0 Å². The van der Waals surface area contributed by atoms with Crippen LogP contribution in [0.3, 0.4) is 0 Å². The third-order valence-electron chi connectivity index (χ3n) is 5.59. The number of hydrogen-bond donors (Lipinski definition) is 3. The van der Waals surface area contributed by atoms with Gasteiger partial charge in [0.05, 0.1) is 0 Å². The maximum Gasteiger partial charge on any atom is 0.133 e. The summed E-state index contributed by atoms with van der Waals surface area (Å²) in [6.07, 6.45) is 32.4. The molecule has 2 atom stereocenters. The van der Waals surface area contributed by atoms with E-state index in [1.807, 2.05) is 6.08 Å². The second-order valence-electron chi connectivity index (χ2n) is 8.76. The van der Waals surface area contributed by atoms with E-state index in [1.54, 1.807) is 6.08 Å². The normalized spacial score (nSPS) is 12.2. The van der Waals surface area contributed by atoms with Crippen molar-refractivity contribution in [2.24, 2.45) is 0 Å². The van der Waals surface area contributed by atoms with Gasteiger partial charge in [-0.15, -0.1) is 6.42 Å². The van der Waals surface area contributed by atoms with Crippen LogP contribution in [-0.4, -0.2) is 34.1 Å². The molecule has 0 spiro atoms. The van der Waals surface area contributed by atoms with Crippen LogP contribution in [0.25, 0.3) is 0 Å². The molecule has 0 aromatic heterocycles. The summed E-state index contributed by atoms with van der Waals surface area (Å²) in [6, 6.07) is 0. The van der Waals surface area contributed by atoms with Crippen LogP contribution in [0.2, 0.25) is 0 Å². The molecule has 192 valence electrons. The molecule has 0 aliphatic rings. The van der Waals surface area contributed by atoms with Crippen LogP contribution < -0.4 is 0 Å². The largest absolute Gasteiger partial charge is 0.384 e. The summed E-state index contributed by atoms with van der Waals surface area (Å²) in [5.41, 5.74) is 0. The van der Waals surface area contributed by atoms with Gasteiger partial charge in [-0.1, -0.05) is 93.8 Å². The number of terminal acetylenes is 1. The summed E-state index contributed by atoms with van der Waals surface area (Å²) >= 11 is 0. The van der Waals surface area contributed by atoms with Gasteiger partial charge in [-0.3, -0.25) is 0 Å². The molecular weight excluding hydrogens is 432 g/mol. The van der Waals surface area contributed by atoms with Gasteiger partial charge >= 0.3 is 0 Å². The van der Waals surface area contributed by atoms with Crippen molar-refractivity contribution in [2.75, 3.05) is 6.61 Å². The predicted molar refractivity (Wildman–Crippen MR) is 148 cm³/mol. The second kappa shape index (κ2) is 27.8. The van der Waals surface area contributed by atoms with Gasteiger partial charge in [-0.2, -0.15) is 0 Å². The van der Waals surface area contributed by atoms with E-state index in [0.29, 0.717) is 6.42 Å². The van der Waals surface area contributed by atoms with E-state index in [9.17, 15) is 10.2 Å². The van der Waals surface area contributed by atoms with Crippen molar-refractivity contribution < 1.29 is 15.3 Å². The number of aliphatic hydroxyl groups is 3. The van der Waals surface area contributed by atoms with Crippen molar-refractivity contribution >= 4 is 0 Å². The highest BCUT2D eigenvalue weighted by molar-refractivity contribution is 5.36. The van der Waals surface area contributed by atoms with E-state index in [0.717, 1.165) is 19.3 Å². The first-order chi connectivity index (χ1) is 17.2. The van der Waals surface area contributed by atoms with Crippen molar-refractivity contribution in [1.29, 1.82) is 0 Å². The van der Waals surface area contributed by atoms with Crippen LogP contribution >= 0.6 is 0 Å². The number of allylic oxidation sites excluding steroid dienone is 3. The first-order valence-electron chi connectivity index (χ1n) is 13.4. The van der Waals surface area contributed by atoms with E-state index in [-0.39, 0.29) is 6.61 Å². The molecular formula is C32H46O3. The average Bonchev–Trinajstić information content (AvgIpc) is 2.86. The molecule has 0 saturated heterocycles. The summed E-state index contributed by atoms with van der Waals surface area (Å²) in [4.78, 5) is 0. The maximum absolute atomic E-state index is 9.78. The van der Waals surface area contributed by atoms with Gasteiger partial charge in [0.1, 0.15) is 18.8 Å². The Hall–Kier alpha value is -2.40. The van der Waals surface area contributed by atoms with Crippen molar-refractivity contribution in [3.8, 4) is 47.9 Å². The molecule has 35 heavy (non-hydrogen) atoms. The molecule has 0 unspecified atom stereocenters. The Morgan fingerprint density at radius 1 is 0.600 bits per heavy atom. The van der Waals surface area contributed by atoms with E-state index in [4.69, 9.17) is 11.5 Å². The molecule has 3 heteroatoms. The number of rotatable bonds is 20. The molecule has 0 fully saturated rings. The topological polar surface area (TPSA) is 60.7 Å². The van der Waals surface area contributed by atoms with Crippen molar-refractivity contribution in [1.82, 2.24) is 0 Å². The molecule has 0 amide bonds. The van der Waals surface area contributed by atoms with Crippen LogP contribution in [0.15, 0.2) is 24.3 Å². The zero-order valence-corrected chi connectivity index (χ0v) is 21.6. The Bertz CT molecular complexity index is 767. The molecule has 0 rings (SSSR count). The number of hydrogen-bond acceptors (Lipinski definition) is 3. The summed E-state index contributed by atoms with van der Waals surface area (Å²) in [5, 5.41) is 27.5. The minimum absolute atomic E-state index is 0.203. The highest BCUT2D eigenvalue weighted by Gasteiger charge is 1.98. The van der Waals surface area contributed by atoms with Gasteiger partial charge in [0.15, 0.2) is 0 Å². The summed E-state index contributed by atoms with van der Waals surface area (Å²) in [7, 11) is 0. The lowest BCUT2D eigenvalue weighted by atomic mass is 10.1. The quantitative estimate of drug-likeness (QED) is 0.113. The lowest BCUT2D eigenvalue weighted by Gasteiger charge is -2.03. The fourth-order valence-corrected chi connectivity index (χ4v) is 3.57. The Kier molecular flexibility index (Phi) is 25.9. The average molecular weight is 479 g/mol. The number of unbranched alkanes of at least 4 members (excludes halogenated alkanes) is 14. The number of aliphatic hydroxyl groups excluding tert-OH is 3. The zero-order chi connectivity index (χ0) is 25.7. The molecule has 3 N–H and O–H groups in total. The van der Waals surface area contributed by atoms with Gasteiger partial charge in [-0.05, 0) is 81.1 Å². The van der Waals surface area contributed by atoms with Gasteiger partial charge in [0.2, 0.25) is 0 Å². The SMILES string of the molecule is C#C[C@H](O)/C=C/CCCCCCCCCC/C=C\CCCCCCC[C@H](O)C#CC#CC#CCO. The van der Waals surface area contributed by atoms with Crippen LogP contribution in [-0.2, 0) is 0 Å². The second-order valence-corrected chi connectivity index (χ2v) is 8.76. The minimum Gasteiger partial charge on any atom is -0.384 e. The molecule has 3 nitrogen and oxygen atoms in total. The lowest BCUT2D eigenvalue weighted by Crippen LogP contribution is -2.01. The molecule has 0 aliphatic heterocycles. The van der Waals surface area contributed by atoms with E-state index in [1.165, 1.54) is 83.5 Å². The Balaban J connectivity index is 3.36. The molecule has 0 bridgehead atoms. The Labute approximate surface area is 215 Å². The fourth-order valence-electron chi connectivity index (χ4n) is 3.57. The zero-order valence-electron chi connectivity index (χ0n) is 21.6. The van der Waals surface area contributed by atoms with Crippen LogP contribution in [0.4, 0.5) is 0 Å². The summed E-state index contributed by atoms with van der Waals surface area (Å²) in [5.74, 6) is 17.5. The van der Waals surface area contributed by atoms with Gasteiger partial charge < -0.3 is 15.3 Å². The maximum atomic E-state index is 9.78. The Morgan fingerprint density at radius 2 is 1.09 bits per heavy atom. The summed E-state index contributed by atoms with van der Waals surface area (Å²) in [6.45, 7) is -0.203. The highest BCUT2D eigenvalue weighted by atomic mass is 16.3. The first-order valence-corrected chi connectivity index (χ1v) is 13.4. The van der Waals surface area contributed by atoms with E-state index >= 15 is 0 Å². The van der Waals surface area contributed by atoms with Crippen molar-refractivity contribution in [3.63, 3.8) is 0 Å². The predicted octanol–water partition coefficient (Wildman–Crippen LogP) is 6.09. The highest BCUT2D eigenvalue weighted by Crippen LogP contribution is 2.12. The summed E-state index contributed by atoms with van der Waals surface area (Å²) < 4.78 is 0. The van der Waals surface area contributed by atoms with Gasteiger partial charge in [0.25, 0.3) is 0 Å².